The molecule has 0 aliphatic rings. The molecule has 0 bridgehead atoms. The lowest BCUT2D eigenvalue weighted by Crippen LogP contribution is -2.47. The Morgan fingerprint density at radius 1 is 1.35 bits per heavy atom. The molecule has 0 fully saturated rings. The van der Waals surface area contributed by atoms with Crippen molar-refractivity contribution in [3.8, 4) is 0 Å². The normalized spacial score (nSPS) is 12.4. The molecule has 0 heterocycles. The van der Waals surface area contributed by atoms with Gasteiger partial charge in [-0.15, -0.1) is 12.4 Å². The lowest BCUT2D eigenvalue weighted by molar-refractivity contribution is -0.137. The second-order valence-corrected chi connectivity index (χ2v) is 5.13. The summed E-state index contributed by atoms with van der Waals surface area (Å²) in [6.45, 7) is 7.81. The number of hydrogen-bond acceptors (Lipinski definition) is 3. The molecule has 0 radical (unpaired) electrons. The molecule has 0 aliphatic carbocycles. The molecule has 0 aromatic carbocycles. The lowest BCUT2D eigenvalue weighted by Gasteiger charge is -2.24. The number of carbonyl (C=O) groups excluding carboxylic acids is 2. The van der Waals surface area contributed by atoms with E-state index in [-0.39, 0.29) is 42.2 Å². The van der Waals surface area contributed by atoms with Crippen molar-refractivity contribution in [2.45, 2.75) is 33.2 Å². The average Bonchev–Trinajstić information content (AvgIpc) is 2.12. The van der Waals surface area contributed by atoms with Gasteiger partial charge in [0, 0.05) is 25.0 Å². The zero-order valence-electron chi connectivity index (χ0n) is 11.2. The van der Waals surface area contributed by atoms with E-state index in [9.17, 15) is 9.59 Å². The second-order valence-electron chi connectivity index (χ2n) is 5.13. The smallest absolute Gasteiger partial charge is 0.240 e. The molecule has 102 valence electrons. The van der Waals surface area contributed by atoms with Gasteiger partial charge in [0.2, 0.25) is 11.8 Å². The van der Waals surface area contributed by atoms with Gasteiger partial charge >= 0.3 is 0 Å². The van der Waals surface area contributed by atoms with Crippen LogP contribution in [0.25, 0.3) is 0 Å². The monoisotopic (exact) mass is 265 g/mol. The fraction of sp³-hybridized carbons (Fsp3) is 0.818. The Hall–Kier alpha value is -0.810. The molecule has 6 heteroatoms. The first-order chi connectivity index (χ1) is 7.17. The number of nitrogens with two attached hydrogens (primary N) is 1. The molecule has 17 heavy (non-hydrogen) atoms. The van der Waals surface area contributed by atoms with E-state index in [1.165, 1.54) is 4.90 Å². The summed E-state index contributed by atoms with van der Waals surface area (Å²) in [5.74, 6) is -0.508. The highest BCUT2D eigenvalue weighted by molar-refractivity contribution is 5.86. The van der Waals surface area contributed by atoms with Crippen LogP contribution in [0.1, 0.15) is 27.7 Å². The zero-order valence-corrected chi connectivity index (χ0v) is 12.1. The molecule has 2 amide bonds. The summed E-state index contributed by atoms with van der Waals surface area (Å²) in [7, 11) is 1.61. The predicted octanol–water partition coefficient (Wildman–Crippen LogP) is 0.376. The van der Waals surface area contributed by atoms with Gasteiger partial charge < -0.3 is 16.0 Å². The SMILES string of the molecule is CC(CN)C(=O)N(C)CC(=O)NC(C)(C)C.Cl. The van der Waals surface area contributed by atoms with Gasteiger partial charge in [-0.2, -0.15) is 0 Å². The van der Waals surface area contributed by atoms with E-state index in [0.717, 1.165) is 0 Å². The number of rotatable bonds is 4. The minimum absolute atomic E-state index is 0. The van der Waals surface area contributed by atoms with Crippen molar-refractivity contribution >= 4 is 24.2 Å². The average molecular weight is 266 g/mol. The third kappa shape index (κ3) is 7.99. The lowest BCUT2D eigenvalue weighted by atomic mass is 10.1. The molecule has 0 aromatic rings. The molecule has 3 N–H and O–H groups in total. The van der Waals surface area contributed by atoms with E-state index in [0.29, 0.717) is 6.54 Å². The first kappa shape index (κ1) is 18.6. The fourth-order valence-corrected chi connectivity index (χ4v) is 1.23. The quantitative estimate of drug-likeness (QED) is 0.772. The van der Waals surface area contributed by atoms with Gasteiger partial charge in [-0.3, -0.25) is 9.59 Å². The summed E-state index contributed by atoms with van der Waals surface area (Å²) >= 11 is 0. The third-order valence-electron chi connectivity index (χ3n) is 2.05. The van der Waals surface area contributed by atoms with Crippen LogP contribution in [0.15, 0.2) is 0 Å². The van der Waals surface area contributed by atoms with Gasteiger partial charge in [-0.25, -0.2) is 0 Å². The Kier molecular flexibility index (Phi) is 8.19. The van der Waals surface area contributed by atoms with E-state index in [2.05, 4.69) is 5.32 Å². The standard InChI is InChI=1S/C11H23N3O2.ClH/c1-8(6-12)10(16)14(5)7-9(15)13-11(2,3)4;/h8H,6-7,12H2,1-5H3,(H,13,15);1H. The molecular formula is C11H24ClN3O2. The van der Waals surface area contributed by atoms with Crippen LogP contribution in [-0.2, 0) is 9.59 Å². The molecule has 5 nitrogen and oxygen atoms in total. The molecule has 1 atom stereocenters. The highest BCUT2D eigenvalue weighted by Gasteiger charge is 2.20. The predicted molar refractivity (Wildman–Crippen MR) is 71.0 cm³/mol. The molecule has 0 aromatic heterocycles. The number of likely N-dealkylation sites (N-methyl/N-ethyl adjacent to an activating group) is 1. The van der Waals surface area contributed by atoms with Crippen LogP contribution in [0, 0.1) is 5.92 Å². The van der Waals surface area contributed by atoms with Gasteiger partial charge in [0.15, 0.2) is 0 Å². The van der Waals surface area contributed by atoms with Crippen molar-refractivity contribution in [2.75, 3.05) is 20.1 Å². The Balaban J connectivity index is 0. The largest absolute Gasteiger partial charge is 0.350 e. The number of nitrogens with one attached hydrogen (secondary N) is 1. The topological polar surface area (TPSA) is 75.4 Å². The van der Waals surface area contributed by atoms with E-state index in [4.69, 9.17) is 5.73 Å². The number of nitrogens with zero attached hydrogens (tertiary/aromatic N) is 1. The Morgan fingerprint density at radius 2 is 1.82 bits per heavy atom. The van der Waals surface area contributed by atoms with E-state index >= 15 is 0 Å². The third-order valence-corrected chi connectivity index (χ3v) is 2.05. The van der Waals surface area contributed by atoms with Gasteiger partial charge in [0.25, 0.3) is 0 Å². The summed E-state index contributed by atoms with van der Waals surface area (Å²) in [5, 5.41) is 2.80. The summed E-state index contributed by atoms with van der Waals surface area (Å²) < 4.78 is 0. The van der Waals surface area contributed by atoms with Crippen molar-refractivity contribution in [1.82, 2.24) is 10.2 Å². The molecule has 0 saturated carbocycles. The van der Waals surface area contributed by atoms with Crippen LogP contribution in [0.2, 0.25) is 0 Å². The van der Waals surface area contributed by atoms with Crippen molar-refractivity contribution in [3.63, 3.8) is 0 Å². The Morgan fingerprint density at radius 3 is 2.18 bits per heavy atom. The molecule has 0 rings (SSSR count). The highest BCUT2D eigenvalue weighted by Crippen LogP contribution is 2.01. The van der Waals surface area contributed by atoms with Crippen molar-refractivity contribution in [3.05, 3.63) is 0 Å². The van der Waals surface area contributed by atoms with Crippen LogP contribution < -0.4 is 11.1 Å². The minimum atomic E-state index is -0.277. The number of carbonyl (C=O) groups is 2. The van der Waals surface area contributed by atoms with Gasteiger partial charge in [0.1, 0.15) is 0 Å². The summed E-state index contributed by atoms with van der Waals surface area (Å²) in [6, 6.07) is 0. The summed E-state index contributed by atoms with van der Waals surface area (Å²) in [6.07, 6.45) is 0. The first-order valence-electron chi connectivity index (χ1n) is 5.43. The van der Waals surface area contributed by atoms with E-state index < -0.39 is 0 Å². The van der Waals surface area contributed by atoms with Gasteiger partial charge in [-0.1, -0.05) is 6.92 Å². The molecule has 0 spiro atoms. The maximum atomic E-state index is 11.6. The van der Waals surface area contributed by atoms with Crippen LogP contribution in [0.4, 0.5) is 0 Å². The van der Waals surface area contributed by atoms with Crippen LogP contribution in [-0.4, -0.2) is 42.4 Å². The van der Waals surface area contributed by atoms with Crippen molar-refractivity contribution in [2.24, 2.45) is 11.7 Å². The highest BCUT2D eigenvalue weighted by atomic mass is 35.5. The van der Waals surface area contributed by atoms with Gasteiger partial charge in [0.05, 0.1) is 6.54 Å². The maximum Gasteiger partial charge on any atom is 0.240 e. The Labute approximate surface area is 110 Å². The van der Waals surface area contributed by atoms with Crippen LogP contribution in [0.3, 0.4) is 0 Å². The molecular weight excluding hydrogens is 242 g/mol. The molecule has 0 aliphatic heterocycles. The minimum Gasteiger partial charge on any atom is -0.350 e. The molecule has 1 unspecified atom stereocenters. The van der Waals surface area contributed by atoms with E-state index in [1.54, 1.807) is 14.0 Å². The van der Waals surface area contributed by atoms with Crippen LogP contribution >= 0.6 is 12.4 Å². The number of halogens is 1. The summed E-state index contributed by atoms with van der Waals surface area (Å²) in [5.41, 5.74) is 5.12. The molecule has 0 saturated heterocycles. The fourth-order valence-electron chi connectivity index (χ4n) is 1.23. The Bertz CT molecular complexity index is 264. The summed E-state index contributed by atoms with van der Waals surface area (Å²) in [4.78, 5) is 24.6. The first-order valence-corrected chi connectivity index (χ1v) is 5.43. The number of amides is 2. The zero-order chi connectivity index (χ0) is 12.9. The van der Waals surface area contributed by atoms with Crippen molar-refractivity contribution < 1.29 is 9.59 Å². The van der Waals surface area contributed by atoms with Gasteiger partial charge in [-0.05, 0) is 20.8 Å². The van der Waals surface area contributed by atoms with E-state index in [1.807, 2.05) is 20.8 Å². The number of hydrogen-bond donors (Lipinski definition) is 2. The van der Waals surface area contributed by atoms with Crippen LogP contribution in [0.5, 0.6) is 0 Å². The second kappa shape index (κ2) is 7.50. The maximum absolute atomic E-state index is 11.6. The van der Waals surface area contributed by atoms with Crippen molar-refractivity contribution in [1.29, 1.82) is 0 Å².